The normalized spacial score (nSPS) is 20.4. The van der Waals surface area contributed by atoms with E-state index < -0.39 is 5.41 Å². The number of methoxy groups -OCH3 is 1. The number of hydrogen-bond donors (Lipinski definition) is 4. The van der Waals surface area contributed by atoms with Crippen molar-refractivity contribution in [3.8, 4) is 11.5 Å². The van der Waals surface area contributed by atoms with Gasteiger partial charge in [0.2, 0.25) is 17.7 Å². The van der Waals surface area contributed by atoms with E-state index in [1.807, 2.05) is 26.0 Å². The number of fused-ring (bicyclic) bond motifs is 16. The summed E-state index contributed by atoms with van der Waals surface area (Å²) in [6, 6.07) is 5.43. The fraction of sp³-hybridized carbons (Fsp3) is 0.639. The molecule has 3 aliphatic rings. The Bertz CT molecular complexity index is 1420. The maximum absolute atomic E-state index is 14.3. The SMILES string of the molecule is COc1cc2ccc1OCC(=O)NCCN(C(=O)C1CCOCC1)CCCC(=O)NCC(CCC(C)C)(C(=O)NCc1c(C)n[nH]c1C)C2. The molecule has 4 N–H and O–H groups in total. The number of H-pyrrole nitrogens is 1. The van der Waals surface area contributed by atoms with Crippen LogP contribution < -0.4 is 25.4 Å². The second-order valence-electron chi connectivity index (χ2n) is 13.7. The molecule has 1 fully saturated rings. The third kappa shape index (κ3) is 10.7. The fourth-order valence-corrected chi connectivity index (χ4v) is 6.45. The lowest BCUT2D eigenvalue weighted by molar-refractivity contribution is -0.139. The van der Waals surface area contributed by atoms with Crippen LogP contribution in [-0.4, -0.2) is 91.8 Å². The van der Waals surface area contributed by atoms with Crippen molar-refractivity contribution < 1.29 is 33.4 Å². The van der Waals surface area contributed by atoms with Crippen molar-refractivity contribution in [2.75, 3.05) is 53.1 Å². The Kier molecular flexibility index (Phi) is 13.9. The number of aromatic amines is 1. The lowest BCUT2D eigenvalue weighted by atomic mass is 9.75. The van der Waals surface area contributed by atoms with Crippen LogP contribution in [0.5, 0.6) is 11.5 Å². The molecule has 1 unspecified atom stereocenters. The number of carbonyl (C=O) groups is 4. The van der Waals surface area contributed by atoms with E-state index >= 15 is 0 Å². The monoisotopic (exact) mass is 682 g/mol. The number of aromatic nitrogens is 2. The van der Waals surface area contributed by atoms with Crippen molar-refractivity contribution in [1.29, 1.82) is 0 Å². The second-order valence-corrected chi connectivity index (χ2v) is 13.7. The Morgan fingerprint density at radius 1 is 1.12 bits per heavy atom. The highest BCUT2D eigenvalue weighted by Gasteiger charge is 2.39. The zero-order chi connectivity index (χ0) is 35.4. The van der Waals surface area contributed by atoms with Crippen molar-refractivity contribution in [3.05, 3.63) is 40.7 Å². The minimum Gasteiger partial charge on any atom is -0.493 e. The third-order valence-electron chi connectivity index (χ3n) is 9.56. The predicted molar refractivity (Wildman–Crippen MR) is 184 cm³/mol. The second kappa shape index (κ2) is 18.0. The number of carbonyl (C=O) groups excluding carboxylic acids is 4. The van der Waals surface area contributed by atoms with Gasteiger partial charge in [-0.05, 0) is 76.0 Å². The van der Waals surface area contributed by atoms with E-state index in [-0.39, 0.29) is 55.7 Å². The molecule has 0 radical (unpaired) electrons. The lowest BCUT2D eigenvalue weighted by Gasteiger charge is -2.34. The van der Waals surface area contributed by atoms with E-state index in [9.17, 15) is 19.2 Å². The van der Waals surface area contributed by atoms with Crippen molar-refractivity contribution in [2.45, 2.75) is 79.2 Å². The number of nitrogens with zero attached hydrogens (tertiary/aromatic N) is 2. The molecule has 1 atom stereocenters. The fourth-order valence-electron chi connectivity index (χ4n) is 6.45. The molecule has 1 saturated heterocycles. The van der Waals surface area contributed by atoms with Crippen molar-refractivity contribution in [3.63, 3.8) is 0 Å². The minimum atomic E-state index is -0.979. The van der Waals surface area contributed by atoms with Crippen LogP contribution in [-0.2, 0) is 36.9 Å². The molecule has 13 heteroatoms. The lowest BCUT2D eigenvalue weighted by Crippen LogP contribution is -2.50. The molecule has 5 rings (SSSR count). The first-order chi connectivity index (χ1) is 23.5. The molecule has 2 bridgehead atoms. The smallest absolute Gasteiger partial charge is 0.258 e. The molecule has 13 nitrogen and oxygen atoms in total. The molecule has 49 heavy (non-hydrogen) atoms. The van der Waals surface area contributed by atoms with Crippen LogP contribution in [0.4, 0.5) is 0 Å². The average Bonchev–Trinajstić information content (AvgIpc) is 3.42. The zero-order valence-electron chi connectivity index (χ0n) is 29.7. The van der Waals surface area contributed by atoms with Crippen LogP contribution in [0, 0.1) is 31.1 Å². The quantitative estimate of drug-likeness (QED) is 0.309. The Morgan fingerprint density at radius 2 is 1.90 bits per heavy atom. The van der Waals surface area contributed by atoms with Gasteiger partial charge in [-0.25, -0.2) is 0 Å². The number of rotatable bonds is 8. The molecule has 270 valence electrons. The summed E-state index contributed by atoms with van der Waals surface area (Å²) in [6.07, 6.45) is 3.57. The number of benzene rings is 1. The van der Waals surface area contributed by atoms with Gasteiger partial charge in [-0.1, -0.05) is 19.9 Å². The first-order valence-corrected chi connectivity index (χ1v) is 17.5. The van der Waals surface area contributed by atoms with Gasteiger partial charge in [0.1, 0.15) is 0 Å². The van der Waals surface area contributed by atoms with Crippen LogP contribution in [0.25, 0.3) is 0 Å². The van der Waals surface area contributed by atoms with Crippen LogP contribution in [0.3, 0.4) is 0 Å². The van der Waals surface area contributed by atoms with Gasteiger partial charge in [-0.2, -0.15) is 5.10 Å². The van der Waals surface area contributed by atoms with E-state index in [1.165, 1.54) is 7.11 Å². The first-order valence-electron chi connectivity index (χ1n) is 17.5. The Morgan fingerprint density at radius 3 is 2.59 bits per heavy atom. The summed E-state index contributed by atoms with van der Waals surface area (Å²) in [5.74, 6) is 0.347. The van der Waals surface area contributed by atoms with Crippen molar-refractivity contribution >= 4 is 23.6 Å². The Balaban J connectivity index is 1.62. The Labute approximate surface area is 289 Å². The molecule has 0 saturated carbocycles. The predicted octanol–water partition coefficient (Wildman–Crippen LogP) is 2.98. The number of ether oxygens (including phenoxy) is 3. The largest absolute Gasteiger partial charge is 0.493 e. The molecule has 3 aliphatic heterocycles. The van der Waals surface area contributed by atoms with Gasteiger partial charge in [0.15, 0.2) is 18.1 Å². The summed E-state index contributed by atoms with van der Waals surface area (Å²) in [4.78, 5) is 55.6. The van der Waals surface area contributed by atoms with Gasteiger partial charge < -0.3 is 35.1 Å². The number of nitrogens with one attached hydrogen (secondary N) is 4. The van der Waals surface area contributed by atoms with Gasteiger partial charge in [-0.15, -0.1) is 0 Å². The van der Waals surface area contributed by atoms with Gasteiger partial charge in [-0.3, -0.25) is 24.3 Å². The molecule has 0 aliphatic carbocycles. The van der Waals surface area contributed by atoms with E-state index in [1.54, 1.807) is 11.0 Å². The highest BCUT2D eigenvalue weighted by Crippen LogP contribution is 2.35. The summed E-state index contributed by atoms with van der Waals surface area (Å²) in [7, 11) is 1.53. The highest BCUT2D eigenvalue weighted by atomic mass is 16.5. The minimum absolute atomic E-state index is 0.0113. The number of aryl methyl sites for hydroxylation is 2. The average molecular weight is 683 g/mol. The standard InChI is InChI=1S/C36H54N6O7/c1-24(2)10-13-36(35(46)38-21-29-25(3)40-41-26(29)4)20-27-8-9-30(31(19-27)47-5)49-22-33(44)37-14-16-42(15-6-7-32(43)39-23-36)34(45)28-11-17-48-18-12-28/h8-9,19,24,28H,6-7,10-18,20-23H2,1-5H3,(H,37,44)(H,38,46)(H,39,43)(H,40,41). The molecular formula is C36H54N6O7. The summed E-state index contributed by atoms with van der Waals surface area (Å²) < 4.78 is 16.9. The highest BCUT2D eigenvalue weighted by molar-refractivity contribution is 5.85. The summed E-state index contributed by atoms with van der Waals surface area (Å²) >= 11 is 0. The van der Waals surface area contributed by atoms with Gasteiger partial charge in [0.05, 0.1) is 18.2 Å². The van der Waals surface area contributed by atoms with Crippen molar-refractivity contribution in [1.82, 2.24) is 31.0 Å². The molecule has 0 spiro atoms. The summed E-state index contributed by atoms with van der Waals surface area (Å²) in [6.45, 7) is 10.3. The van der Waals surface area contributed by atoms with Crippen molar-refractivity contribution in [2.24, 2.45) is 17.3 Å². The topological polar surface area (TPSA) is 164 Å². The molecule has 4 amide bonds. The third-order valence-corrected chi connectivity index (χ3v) is 9.56. The molecule has 4 heterocycles. The van der Waals surface area contributed by atoms with E-state index in [2.05, 4.69) is 40.0 Å². The number of amides is 4. The van der Waals surface area contributed by atoms with E-state index in [4.69, 9.17) is 14.2 Å². The van der Waals surface area contributed by atoms with E-state index in [0.717, 1.165) is 28.9 Å². The van der Waals surface area contributed by atoms with Crippen LogP contribution >= 0.6 is 0 Å². The van der Waals surface area contributed by atoms with Crippen LogP contribution in [0.1, 0.15) is 74.9 Å². The first kappa shape index (κ1) is 37.7. The summed E-state index contributed by atoms with van der Waals surface area (Å²) in [5.41, 5.74) is 2.49. The van der Waals surface area contributed by atoms with E-state index in [0.29, 0.717) is 82.4 Å². The van der Waals surface area contributed by atoms with Gasteiger partial charge >= 0.3 is 0 Å². The van der Waals surface area contributed by atoms with Crippen LogP contribution in [0.2, 0.25) is 0 Å². The Hall–Kier alpha value is -4.13. The molecule has 2 aromatic rings. The molecule has 1 aromatic carbocycles. The maximum atomic E-state index is 14.3. The van der Waals surface area contributed by atoms with Gasteiger partial charge in [0.25, 0.3) is 5.91 Å². The maximum Gasteiger partial charge on any atom is 0.258 e. The number of hydrogen-bond acceptors (Lipinski definition) is 8. The summed E-state index contributed by atoms with van der Waals surface area (Å²) in [5, 5.41) is 16.3. The van der Waals surface area contributed by atoms with Crippen LogP contribution in [0.15, 0.2) is 18.2 Å². The zero-order valence-corrected chi connectivity index (χ0v) is 29.7. The molecule has 1 aromatic heterocycles. The molecular weight excluding hydrogens is 628 g/mol. The van der Waals surface area contributed by atoms with Gasteiger partial charge in [0, 0.05) is 69.5 Å².